The van der Waals surface area contributed by atoms with Crippen molar-refractivity contribution in [2.75, 3.05) is 6.61 Å². The molecule has 16 heavy (non-hydrogen) atoms. The largest absolute Gasteiger partial charge is 0.374 e. The number of hydrogen-bond acceptors (Lipinski definition) is 1. The van der Waals surface area contributed by atoms with E-state index in [1.54, 1.807) is 0 Å². The highest BCUT2D eigenvalue weighted by Gasteiger charge is 2.21. The van der Waals surface area contributed by atoms with Crippen LogP contribution in [0.4, 0.5) is 0 Å². The number of hydrogen-bond donors (Lipinski definition) is 0. The van der Waals surface area contributed by atoms with Crippen LogP contribution in [0.2, 0.25) is 0 Å². The van der Waals surface area contributed by atoms with Crippen molar-refractivity contribution < 1.29 is 4.74 Å². The quantitative estimate of drug-likeness (QED) is 0.548. The van der Waals surface area contributed by atoms with Gasteiger partial charge in [0.2, 0.25) is 0 Å². The van der Waals surface area contributed by atoms with Gasteiger partial charge in [0.1, 0.15) is 0 Å². The van der Waals surface area contributed by atoms with Crippen LogP contribution >= 0.6 is 0 Å². The Morgan fingerprint density at radius 3 is 2.12 bits per heavy atom. The van der Waals surface area contributed by atoms with Gasteiger partial charge in [-0.05, 0) is 38.5 Å². The molecule has 0 amide bonds. The predicted octanol–water partition coefficient (Wildman–Crippen LogP) is 4.60. The normalized spacial score (nSPS) is 18.1. The minimum absolute atomic E-state index is 0.256. The van der Waals surface area contributed by atoms with Gasteiger partial charge in [-0.15, -0.1) is 0 Å². The molecule has 3 unspecified atom stereocenters. The van der Waals surface area contributed by atoms with Crippen LogP contribution in [0.15, 0.2) is 24.3 Å². The first-order valence-electron chi connectivity index (χ1n) is 6.58. The fraction of sp³-hybridized carbons (Fsp3) is 0.733. The van der Waals surface area contributed by atoms with Gasteiger partial charge in [0.15, 0.2) is 0 Å². The number of ether oxygens (including phenoxy) is 1. The van der Waals surface area contributed by atoms with Gasteiger partial charge in [0.25, 0.3) is 0 Å². The summed E-state index contributed by atoms with van der Waals surface area (Å²) in [6.45, 7) is 11.7. The summed E-state index contributed by atoms with van der Waals surface area (Å²) < 4.78 is 5.90. The second kappa shape index (κ2) is 9.65. The Labute approximate surface area is 102 Å². The van der Waals surface area contributed by atoms with Crippen LogP contribution in [-0.4, -0.2) is 12.7 Å². The maximum Gasteiger partial charge on any atom is 0.0786 e. The van der Waals surface area contributed by atoms with E-state index in [0.29, 0.717) is 11.8 Å². The topological polar surface area (TPSA) is 9.23 Å². The molecule has 1 nitrogen and oxygen atoms in total. The lowest BCUT2D eigenvalue weighted by molar-refractivity contribution is 0.0368. The van der Waals surface area contributed by atoms with Gasteiger partial charge in [0, 0.05) is 6.61 Å². The van der Waals surface area contributed by atoms with Crippen molar-refractivity contribution in [3.63, 3.8) is 0 Å². The van der Waals surface area contributed by atoms with Crippen LogP contribution in [0.5, 0.6) is 0 Å². The van der Waals surface area contributed by atoms with Crippen molar-refractivity contribution >= 4 is 0 Å². The first-order chi connectivity index (χ1) is 7.71. The summed E-state index contributed by atoms with van der Waals surface area (Å²) in [5, 5.41) is 0. The minimum Gasteiger partial charge on any atom is -0.374 e. The summed E-state index contributed by atoms with van der Waals surface area (Å²) in [7, 11) is 0. The van der Waals surface area contributed by atoms with E-state index in [2.05, 4.69) is 58.9 Å². The van der Waals surface area contributed by atoms with E-state index in [9.17, 15) is 0 Å². The molecular formula is C15H28O. The van der Waals surface area contributed by atoms with E-state index < -0.39 is 0 Å². The van der Waals surface area contributed by atoms with Gasteiger partial charge < -0.3 is 4.74 Å². The molecule has 0 heterocycles. The van der Waals surface area contributed by atoms with Crippen LogP contribution in [0.25, 0.3) is 0 Å². The van der Waals surface area contributed by atoms with Crippen molar-refractivity contribution in [1.82, 2.24) is 0 Å². The second-order valence-corrected chi connectivity index (χ2v) is 4.32. The molecule has 0 aliphatic carbocycles. The highest BCUT2D eigenvalue weighted by atomic mass is 16.5. The zero-order valence-electron chi connectivity index (χ0n) is 11.6. The predicted molar refractivity (Wildman–Crippen MR) is 72.6 cm³/mol. The van der Waals surface area contributed by atoms with E-state index in [1.165, 1.54) is 6.42 Å². The van der Waals surface area contributed by atoms with E-state index in [1.807, 2.05) is 0 Å². The average Bonchev–Trinajstić information content (AvgIpc) is 2.30. The zero-order chi connectivity index (χ0) is 12.4. The van der Waals surface area contributed by atoms with Gasteiger partial charge in [-0.25, -0.2) is 0 Å². The molecular weight excluding hydrogens is 196 g/mol. The Kier molecular flexibility index (Phi) is 9.31. The first kappa shape index (κ1) is 15.4. The van der Waals surface area contributed by atoms with E-state index in [-0.39, 0.29) is 6.10 Å². The lowest BCUT2D eigenvalue weighted by Crippen LogP contribution is -2.25. The van der Waals surface area contributed by atoms with E-state index in [4.69, 9.17) is 4.74 Å². The molecule has 0 spiro atoms. The average molecular weight is 224 g/mol. The highest BCUT2D eigenvalue weighted by molar-refractivity contribution is 4.97. The molecule has 0 saturated carbocycles. The summed E-state index contributed by atoms with van der Waals surface area (Å²) >= 11 is 0. The third kappa shape index (κ3) is 5.50. The molecule has 0 rings (SSSR count). The molecule has 0 fully saturated rings. The molecule has 0 N–H and O–H groups in total. The smallest absolute Gasteiger partial charge is 0.0786 e. The van der Waals surface area contributed by atoms with Crippen molar-refractivity contribution in [2.24, 2.45) is 11.8 Å². The third-order valence-corrected chi connectivity index (χ3v) is 3.00. The molecule has 0 saturated heterocycles. The second-order valence-electron chi connectivity index (χ2n) is 4.32. The Hall–Kier alpha value is -0.560. The minimum atomic E-state index is 0.256. The molecule has 0 aromatic carbocycles. The molecule has 0 aliphatic heterocycles. The molecule has 0 aliphatic rings. The van der Waals surface area contributed by atoms with E-state index >= 15 is 0 Å². The van der Waals surface area contributed by atoms with Gasteiger partial charge in [-0.3, -0.25) is 0 Å². The number of rotatable bonds is 8. The van der Waals surface area contributed by atoms with Crippen LogP contribution in [0.3, 0.4) is 0 Å². The molecule has 94 valence electrons. The summed E-state index contributed by atoms with van der Waals surface area (Å²) in [6, 6.07) is 0. The fourth-order valence-electron chi connectivity index (χ4n) is 2.00. The standard InChI is InChI=1S/C15H28O/c1-6-10-14(9-4)13(5)15(11-7-2)16-12-8-3/h6-7,10-11,13-15H,8-9,12H2,1-5H3/b10-6-,11-7-. The lowest BCUT2D eigenvalue weighted by Gasteiger charge is -2.27. The van der Waals surface area contributed by atoms with Crippen LogP contribution in [-0.2, 0) is 4.74 Å². The lowest BCUT2D eigenvalue weighted by atomic mass is 9.86. The monoisotopic (exact) mass is 224 g/mol. The first-order valence-corrected chi connectivity index (χ1v) is 6.58. The van der Waals surface area contributed by atoms with Gasteiger partial charge in [0.05, 0.1) is 6.10 Å². The van der Waals surface area contributed by atoms with Crippen molar-refractivity contribution in [1.29, 1.82) is 0 Å². The Bertz CT molecular complexity index is 205. The van der Waals surface area contributed by atoms with Gasteiger partial charge >= 0.3 is 0 Å². The summed E-state index contributed by atoms with van der Waals surface area (Å²) in [4.78, 5) is 0. The maximum absolute atomic E-state index is 5.90. The van der Waals surface area contributed by atoms with Crippen LogP contribution < -0.4 is 0 Å². The Morgan fingerprint density at radius 1 is 1.06 bits per heavy atom. The molecule has 3 atom stereocenters. The third-order valence-electron chi connectivity index (χ3n) is 3.00. The molecule has 1 heteroatoms. The number of allylic oxidation sites excluding steroid dienone is 3. The summed E-state index contributed by atoms with van der Waals surface area (Å²) in [6.07, 6.45) is 11.3. The van der Waals surface area contributed by atoms with Crippen molar-refractivity contribution in [3.05, 3.63) is 24.3 Å². The Morgan fingerprint density at radius 2 is 1.69 bits per heavy atom. The van der Waals surface area contributed by atoms with Gasteiger partial charge in [-0.2, -0.15) is 0 Å². The molecule has 0 radical (unpaired) electrons. The van der Waals surface area contributed by atoms with Crippen molar-refractivity contribution in [3.8, 4) is 0 Å². The fourth-order valence-corrected chi connectivity index (χ4v) is 2.00. The van der Waals surface area contributed by atoms with Crippen LogP contribution in [0.1, 0.15) is 47.5 Å². The van der Waals surface area contributed by atoms with E-state index in [0.717, 1.165) is 13.0 Å². The Balaban J connectivity index is 4.49. The summed E-state index contributed by atoms with van der Waals surface area (Å²) in [5.41, 5.74) is 0. The van der Waals surface area contributed by atoms with Gasteiger partial charge in [-0.1, -0.05) is 45.1 Å². The van der Waals surface area contributed by atoms with Crippen LogP contribution in [0, 0.1) is 11.8 Å². The summed E-state index contributed by atoms with van der Waals surface area (Å²) in [5.74, 6) is 1.16. The SMILES string of the molecule is C/C=C\C(CC)C(C)C(/C=C\C)OCCC. The maximum atomic E-state index is 5.90. The molecule has 0 aromatic heterocycles. The molecule has 0 aromatic rings. The highest BCUT2D eigenvalue weighted by Crippen LogP contribution is 2.23. The van der Waals surface area contributed by atoms with Crippen molar-refractivity contribution in [2.45, 2.75) is 53.6 Å². The molecule has 0 bridgehead atoms. The zero-order valence-corrected chi connectivity index (χ0v) is 11.6.